The van der Waals surface area contributed by atoms with E-state index in [0.29, 0.717) is 22.6 Å². The molecule has 4 rings (SSSR count). The molecule has 0 aliphatic carbocycles. The minimum absolute atomic E-state index is 0.0136. The summed E-state index contributed by atoms with van der Waals surface area (Å²) in [5.74, 6) is -1.00. The van der Waals surface area contributed by atoms with Gasteiger partial charge < -0.3 is 9.84 Å². The number of carbonyl (C=O) groups is 2. The van der Waals surface area contributed by atoms with Gasteiger partial charge in [0.25, 0.3) is 11.7 Å². The first-order valence-corrected chi connectivity index (χ1v) is 10.4. The first-order chi connectivity index (χ1) is 15.4. The van der Waals surface area contributed by atoms with Crippen molar-refractivity contribution in [1.82, 2.24) is 4.98 Å². The molecule has 1 fully saturated rings. The topological polar surface area (TPSA) is 79.7 Å². The van der Waals surface area contributed by atoms with Gasteiger partial charge in [0.1, 0.15) is 11.5 Å². The number of hydrogen-bond donors (Lipinski definition) is 1. The highest BCUT2D eigenvalue weighted by molar-refractivity contribution is 6.51. The maximum atomic E-state index is 13.1. The van der Waals surface area contributed by atoms with Crippen LogP contribution in [0.3, 0.4) is 0 Å². The number of rotatable bonds is 5. The minimum Gasteiger partial charge on any atom is -0.507 e. The molecule has 0 saturated carbocycles. The fourth-order valence-electron chi connectivity index (χ4n) is 3.85. The van der Waals surface area contributed by atoms with E-state index >= 15 is 0 Å². The van der Waals surface area contributed by atoms with E-state index in [1.54, 1.807) is 54.9 Å². The Morgan fingerprint density at radius 2 is 1.81 bits per heavy atom. The molecule has 6 nitrogen and oxygen atoms in total. The van der Waals surface area contributed by atoms with E-state index in [1.807, 2.05) is 39.0 Å². The number of aliphatic hydroxyl groups excluding tert-OH is 1. The maximum absolute atomic E-state index is 13.1. The normalized spacial score (nSPS) is 17.8. The lowest BCUT2D eigenvalue weighted by atomic mass is 9.96. The van der Waals surface area contributed by atoms with Crippen molar-refractivity contribution in [1.29, 1.82) is 0 Å². The summed E-state index contributed by atoms with van der Waals surface area (Å²) in [4.78, 5) is 31.8. The van der Waals surface area contributed by atoms with E-state index in [9.17, 15) is 14.7 Å². The summed E-state index contributed by atoms with van der Waals surface area (Å²) in [7, 11) is 0. The number of hydrogen-bond acceptors (Lipinski definition) is 5. The number of pyridine rings is 1. The molecular weight excluding hydrogens is 404 g/mol. The number of benzene rings is 2. The Balaban J connectivity index is 1.85. The van der Waals surface area contributed by atoms with Crippen molar-refractivity contribution in [2.45, 2.75) is 32.9 Å². The van der Waals surface area contributed by atoms with Crippen molar-refractivity contribution in [2.75, 3.05) is 4.90 Å². The molecule has 1 atom stereocenters. The van der Waals surface area contributed by atoms with Crippen LogP contribution in [0.4, 0.5) is 5.69 Å². The molecule has 1 aliphatic rings. The predicted molar refractivity (Wildman–Crippen MR) is 122 cm³/mol. The number of carbonyl (C=O) groups excluding carboxylic acids is 2. The van der Waals surface area contributed by atoms with Crippen LogP contribution in [0.25, 0.3) is 5.76 Å². The lowest BCUT2D eigenvalue weighted by molar-refractivity contribution is -0.132. The fourth-order valence-corrected chi connectivity index (χ4v) is 3.85. The molecule has 0 radical (unpaired) electrons. The van der Waals surface area contributed by atoms with Gasteiger partial charge in [-0.3, -0.25) is 19.5 Å². The average molecular weight is 428 g/mol. The van der Waals surface area contributed by atoms with Gasteiger partial charge in [0, 0.05) is 23.6 Å². The number of amides is 1. The first-order valence-electron chi connectivity index (χ1n) is 10.4. The molecule has 2 heterocycles. The van der Waals surface area contributed by atoms with Crippen molar-refractivity contribution < 1.29 is 19.4 Å². The third-order valence-corrected chi connectivity index (χ3v) is 5.22. The smallest absolute Gasteiger partial charge is 0.300 e. The van der Waals surface area contributed by atoms with Crippen molar-refractivity contribution in [3.05, 3.63) is 95.3 Å². The Bertz CT molecular complexity index is 1180. The van der Waals surface area contributed by atoms with Gasteiger partial charge in [-0.25, -0.2) is 0 Å². The first kappa shape index (κ1) is 21.3. The van der Waals surface area contributed by atoms with Crippen LogP contribution in [0.2, 0.25) is 0 Å². The Kier molecular flexibility index (Phi) is 5.77. The van der Waals surface area contributed by atoms with E-state index < -0.39 is 17.7 Å². The molecule has 162 valence electrons. The van der Waals surface area contributed by atoms with Crippen LogP contribution in [-0.4, -0.2) is 27.9 Å². The Hall–Kier alpha value is -3.93. The van der Waals surface area contributed by atoms with E-state index in [1.165, 1.54) is 4.90 Å². The Morgan fingerprint density at radius 3 is 2.44 bits per heavy atom. The second-order valence-electron chi connectivity index (χ2n) is 7.99. The molecule has 1 amide bonds. The zero-order valence-electron chi connectivity index (χ0n) is 18.1. The molecule has 3 aromatic rings. The summed E-state index contributed by atoms with van der Waals surface area (Å²) < 4.78 is 5.65. The van der Waals surface area contributed by atoms with Gasteiger partial charge in [-0.2, -0.15) is 0 Å². The van der Waals surface area contributed by atoms with Gasteiger partial charge in [0.05, 0.1) is 17.7 Å². The Labute approximate surface area is 186 Å². The van der Waals surface area contributed by atoms with Crippen LogP contribution in [0, 0.1) is 6.92 Å². The van der Waals surface area contributed by atoms with E-state index in [0.717, 1.165) is 5.56 Å². The molecule has 1 saturated heterocycles. The highest BCUT2D eigenvalue weighted by Gasteiger charge is 2.47. The second kappa shape index (κ2) is 8.67. The molecule has 1 aliphatic heterocycles. The number of anilines is 1. The van der Waals surface area contributed by atoms with Crippen LogP contribution in [0.5, 0.6) is 5.75 Å². The number of aliphatic hydroxyl groups is 1. The van der Waals surface area contributed by atoms with Crippen LogP contribution in [0.1, 0.15) is 36.6 Å². The quantitative estimate of drug-likeness (QED) is 0.359. The summed E-state index contributed by atoms with van der Waals surface area (Å²) in [6.45, 7) is 5.77. The number of aromatic nitrogens is 1. The zero-order valence-corrected chi connectivity index (χ0v) is 18.1. The molecule has 1 unspecified atom stereocenters. The van der Waals surface area contributed by atoms with Gasteiger partial charge in [0.15, 0.2) is 0 Å². The van der Waals surface area contributed by atoms with Gasteiger partial charge >= 0.3 is 0 Å². The van der Waals surface area contributed by atoms with Crippen molar-refractivity contribution in [3.8, 4) is 5.75 Å². The van der Waals surface area contributed by atoms with Crippen molar-refractivity contribution in [2.24, 2.45) is 0 Å². The fraction of sp³-hybridized carbons (Fsp3) is 0.192. The van der Waals surface area contributed by atoms with E-state index in [-0.39, 0.29) is 17.4 Å². The number of ether oxygens (including phenoxy) is 1. The summed E-state index contributed by atoms with van der Waals surface area (Å²) >= 11 is 0. The summed E-state index contributed by atoms with van der Waals surface area (Å²) in [5, 5.41) is 11.2. The van der Waals surface area contributed by atoms with E-state index in [2.05, 4.69) is 4.98 Å². The summed E-state index contributed by atoms with van der Waals surface area (Å²) in [6, 6.07) is 16.9. The average Bonchev–Trinajstić information content (AvgIpc) is 3.05. The zero-order chi connectivity index (χ0) is 22.8. The van der Waals surface area contributed by atoms with Gasteiger partial charge in [-0.05, 0) is 74.4 Å². The monoisotopic (exact) mass is 428 g/mol. The van der Waals surface area contributed by atoms with Crippen molar-refractivity contribution in [3.63, 3.8) is 0 Å². The van der Waals surface area contributed by atoms with E-state index in [4.69, 9.17) is 4.74 Å². The highest BCUT2D eigenvalue weighted by Crippen LogP contribution is 2.42. The Morgan fingerprint density at radius 1 is 1.06 bits per heavy atom. The number of Topliss-reactive ketones (excluding diaryl/α,β-unsaturated/α-hetero) is 1. The van der Waals surface area contributed by atoms with Crippen LogP contribution >= 0.6 is 0 Å². The lowest BCUT2D eigenvalue weighted by Crippen LogP contribution is -2.29. The summed E-state index contributed by atoms with van der Waals surface area (Å²) in [5.41, 5.74) is 2.63. The second-order valence-corrected chi connectivity index (χ2v) is 7.99. The molecule has 2 aromatic carbocycles. The summed E-state index contributed by atoms with van der Waals surface area (Å²) in [6.07, 6.45) is 3.24. The molecule has 6 heteroatoms. The molecular formula is C26H24N2O4. The number of aryl methyl sites for hydroxylation is 1. The van der Waals surface area contributed by atoms with Crippen LogP contribution in [0.15, 0.2) is 78.6 Å². The predicted octanol–water partition coefficient (Wildman–Crippen LogP) is 4.80. The highest BCUT2D eigenvalue weighted by atomic mass is 16.5. The molecule has 0 spiro atoms. The number of ketones is 1. The van der Waals surface area contributed by atoms with Crippen molar-refractivity contribution >= 4 is 23.1 Å². The van der Waals surface area contributed by atoms with Gasteiger partial charge in [-0.1, -0.05) is 18.2 Å². The van der Waals surface area contributed by atoms with Gasteiger partial charge in [-0.15, -0.1) is 0 Å². The van der Waals surface area contributed by atoms with Gasteiger partial charge in [0.2, 0.25) is 0 Å². The molecule has 0 bridgehead atoms. The van der Waals surface area contributed by atoms with Crippen LogP contribution in [-0.2, 0) is 9.59 Å². The minimum atomic E-state index is -0.794. The number of nitrogens with zero attached hydrogens (tertiary/aromatic N) is 2. The maximum Gasteiger partial charge on any atom is 0.300 e. The lowest BCUT2D eigenvalue weighted by Gasteiger charge is -2.25. The van der Waals surface area contributed by atoms with Crippen LogP contribution < -0.4 is 9.64 Å². The standard InChI is InChI=1S/C26H24N2O4/c1-16(2)32-21-11-9-18(10-12-21)24(29)22-23(19-7-5-13-27-15-19)28(26(31)25(22)30)20-8-4-6-17(3)14-20/h4-16,23,29H,1-3H3/b24-22+. The SMILES string of the molecule is Cc1cccc(N2C(=O)C(=O)/C(=C(/O)c3ccc(OC(C)C)cc3)C2c2cccnc2)c1. The molecule has 1 N–H and O–H groups in total. The molecule has 1 aromatic heterocycles. The third-order valence-electron chi connectivity index (χ3n) is 5.22. The third kappa shape index (κ3) is 3.99. The molecule has 32 heavy (non-hydrogen) atoms. The largest absolute Gasteiger partial charge is 0.507 e.